The van der Waals surface area contributed by atoms with E-state index < -0.39 is 0 Å². The Morgan fingerprint density at radius 2 is 2.11 bits per heavy atom. The van der Waals surface area contributed by atoms with Crippen LogP contribution in [-0.2, 0) is 13.1 Å². The Kier molecular flexibility index (Phi) is 5.38. The predicted molar refractivity (Wildman–Crippen MR) is 85.8 cm³/mol. The number of halogens is 2. The number of aryl methyl sites for hydroxylation is 1. The lowest BCUT2D eigenvalue weighted by Gasteiger charge is -2.11. The molecule has 0 unspecified atom stereocenters. The van der Waals surface area contributed by atoms with Crippen molar-refractivity contribution in [1.29, 1.82) is 0 Å². The molecule has 19 heavy (non-hydrogen) atoms. The molecule has 0 aliphatic carbocycles. The van der Waals surface area contributed by atoms with Crippen LogP contribution in [0.2, 0.25) is 0 Å². The van der Waals surface area contributed by atoms with E-state index in [4.69, 9.17) is 4.74 Å². The molecule has 1 aromatic heterocycles. The summed E-state index contributed by atoms with van der Waals surface area (Å²) in [5.41, 5.74) is 1.11. The number of hydrogen-bond donors (Lipinski definition) is 1. The summed E-state index contributed by atoms with van der Waals surface area (Å²) in [5.74, 6) is 0.867. The molecule has 0 saturated carbocycles. The summed E-state index contributed by atoms with van der Waals surface area (Å²) >= 11 is 8.71. The Hall–Kier alpha value is -0.430. The van der Waals surface area contributed by atoms with Crippen LogP contribution >= 0.6 is 43.2 Å². The number of thiazole rings is 1. The van der Waals surface area contributed by atoms with Crippen LogP contribution in [0.1, 0.15) is 15.4 Å². The number of ether oxygens (including phenoxy) is 1. The monoisotopic (exact) mass is 404 g/mol. The Bertz CT molecular complexity index is 572. The molecular weight excluding hydrogens is 392 g/mol. The van der Waals surface area contributed by atoms with Crippen molar-refractivity contribution in [2.24, 2.45) is 0 Å². The Balaban J connectivity index is 2.02. The molecule has 102 valence electrons. The molecule has 1 heterocycles. The first-order chi connectivity index (χ1) is 9.10. The van der Waals surface area contributed by atoms with Crippen LogP contribution in [0.3, 0.4) is 0 Å². The maximum Gasteiger partial charge on any atom is 0.137 e. The quantitative estimate of drug-likeness (QED) is 0.806. The first kappa shape index (κ1) is 15.0. The molecule has 0 aliphatic heterocycles. The van der Waals surface area contributed by atoms with Crippen molar-refractivity contribution >= 4 is 43.2 Å². The fraction of sp³-hybridized carbons (Fsp3) is 0.308. The van der Waals surface area contributed by atoms with Crippen LogP contribution < -0.4 is 10.1 Å². The second-order valence-corrected chi connectivity index (χ2v) is 7.14. The molecule has 3 nitrogen and oxygen atoms in total. The van der Waals surface area contributed by atoms with E-state index >= 15 is 0 Å². The molecule has 0 spiro atoms. The third-order valence-corrected chi connectivity index (χ3v) is 4.51. The van der Waals surface area contributed by atoms with Gasteiger partial charge in [0.25, 0.3) is 0 Å². The molecule has 1 aromatic carbocycles. The van der Waals surface area contributed by atoms with E-state index in [-0.39, 0.29) is 0 Å². The summed E-state index contributed by atoms with van der Waals surface area (Å²) in [6.45, 7) is 3.57. The molecule has 6 heteroatoms. The Labute approximate surface area is 133 Å². The van der Waals surface area contributed by atoms with E-state index in [2.05, 4.69) is 55.2 Å². The molecule has 0 bridgehead atoms. The number of nitrogens with one attached hydrogen (secondary N) is 1. The van der Waals surface area contributed by atoms with Gasteiger partial charge in [-0.15, -0.1) is 11.3 Å². The van der Waals surface area contributed by atoms with Crippen molar-refractivity contribution in [1.82, 2.24) is 10.3 Å². The van der Waals surface area contributed by atoms with Gasteiger partial charge in [0, 0.05) is 34.2 Å². The fourth-order valence-electron chi connectivity index (χ4n) is 1.76. The summed E-state index contributed by atoms with van der Waals surface area (Å²) in [6, 6.07) is 4.04. The topological polar surface area (TPSA) is 34.1 Å². The van der Waals surface area contributed by atoms with Crippen molar-refractivity contribution in [2.75, 3.05) is 7.11 Å². The van der Waals surface area contributed by atoms with Gasteiger partial charge in [-0.05, 0) is 35.0 Å². The molecular formula is C13H14Br2N2OS. The van der Waals surface area contributed by atoms with Crippen molar-refractivity contribution < 1.29 is 4.74 Å². The second kappa shape index (κ2) is 6.83. The summed E-state index contributed by atoms with van der Waals surface area (Å²) in [5, 5.41) is 4.49. The minimum Gasteiger partial charge on any atom is -0.495 e. The highest BCUT2D eigenvalue weighted by Gasteiger charge is 2.09. The van der Waals surface area contributed by atoms with Crippen molar-refractivity contribution in [3.05, 3.63) is 42.7 Å². The van der Waals surface area contributed by atoms with Gasteiger partial charge in [0.1, 0.15) is 10.8 Å². The summed E-state index contributed by atoms with van der Waals surface area (Å²) in [4.78, 5) is 5.57. The second-order valence-electron chi connectivity index (χ2n) is 4.05. The molecule has 0 saturated heterocycles. The number of hydrogen-bond acceptors (Lipinski definition) is 4. The number of benzene rings is 1. The van der Waals surface area contributed by atoms with Gasteiger partial charge in [0.05, 0.1) is 11.6 Å². The first-order valence-corrected chi connectivity index (χ1v) is 8.14. The van der Waals surface area contributed by atoms with Gasteiger partial charge in [-0.2, -0.15) is 0 Å². The average molecular weight is 406 g/mol. The van der Waals surface area contributed by atoms with Gasteiger partial charge in [-0.25, -0.2) is 4.98 Å². The number of nitrogens with zero attached hydrogens (tertiary/aromatic N) is 1. The number of methoxy groups -OCH3 is 1. The molecule has 2 aromatic rings. The van der Waals surface area contributed by atoms with Gasteiger partial charge >= 0.3 is 0 Å². The average Bonchev–Trinajstić information content (AvgIpc) is 2.74. The third-order valence-electron chi connectivity index (χ3n) is 2.55. The highest BCUT2D eigenvalue weighted by atomic mass is 79.9. The van der Waals surface area contributed by atoms with Crippen LogP contribution in [0, 0.1) is 6.92 Å². The smallest absolute Gasteiger partial charge is 0.137 e. The van der Waals surface area contributed by atoms with Gasteiger partial charge < -0.3 is 10.1 Å². The van der Waals surface area contributed by atoms with E-state index in [1.807, 2.05) is 12.3 Å². The lowest BCUT2D eigenvalue weighted by molar-refractivity contribution is 0.405. The highest BCUT2D eigenvalue weighted by Crippen LogP contribution is 2.32. The van der Waals surface area contributed by atoms with E-state index in [9.17, 15) is 0 Å². The zero-order chi connectivity index (χ0) is 13.8. The molecule has 1 N–H and O–H groups in total. The number of rotatable bonds is 5. The van der Waals surface area contributed by atoms with Gasteiger partial charge in [-0.3, -0.25) is 0 Å². The summed E-state index contributed by atoms with van der Waals surface area (Å²) < 4.78 is 7.40. The normalized spacial score (nSPS) is 10.7. The largest absolute Gasteiger partial charge is 0.495 e. The van der Waals surface area contributed by atoms with E-state index in [1.54, 1.807) is 18.4 Å². The first-order valence-electron chi connectivity index (χ1n) is 5.74. The number of aromatic nitrogens is 1. The van der Waals surface area contributed by atoms with Crippen LogP contribution in [-0.4, -0.2) is 12.1 Å². The predicted octanol–water partition coefficient (Wildman–Crippen LogP) is 4.27. The van der Waals surface area contributed by atoms with Crippen molar-refractivity contribution in [3.63, 3.8) is 0 Å². The maximum atomic E-state index is 5.42. The third kappa shape index (κ3) is 4.02. The van der Waals surface area contributed by atoms with Crippen LogP contribution in [0.4, 0.5) is 0 Å². The van der Waals surface area contributed by atoms with Crippen molar-refractivity contribution in [2.45, 2.75) is 20.0 Å². The lowest BCUT2D eigenvalue weighted by atomic mass is 10.2. The fourth-order valence-corrected chi connectivity index (χ4v) is 3.99. The molecule has 2 rings (SSSR count). The SMILES string of the molecule is COc1c(Br)cc(Br)cc1CNCc1ncc(C)s1. The van der Waals surface area contributed by atoms with Gasteiger partial charge in [-0.1, -0.05) is 15.9 Å². The Morgan fingerprint density at radius 3 is 2.74 bits per heavy atom. The van der Waals surface area contributed by atoms with Gasteiger partial charge in [0.2, 0.25) is 0 Å². The maximum absolute atomic E-state index is 5.42. The molecule has 0 radical (unpaired) electrons. The van der Waals surface area contributed by atoms with Crippen LogP contribution in [0.25, 0.3) is 0 Å². The summed E-state index contributed by atoms with van der Waals surface area (Å²) in [7, 11) is 1.68. The van der Waals surface area contributed by atoms with E-state index in [0.29, 0.717) is 0 Å². The van der Waals surface area contributed by atoms with Gasteiger partial charge in [0.15, 0.2) is 0 Å². The van der Waals surface area contributed by atoms with Crippen molar-refractivity contribution in [3.8, 4) is 5.75 Å². The highest BCUT2D eigenvalue weighted by molar-refractivity contribution is 9.11. The lowest BCUT2D eigenvalue weighted by Crippen LogP contribution is -2.13. The zero-order valence-electron chi connectivity index (χ0n) is 10.7. The van der Waals surface area contributed by atoms with E-state index in [0.717, 1.165) is 38.4 Å². The zero-order valence-corrected chi connectivity index (χ0v) is 14.7. The minimum atomic E-state index is 0.736. The van der Waals surface area contributed by atoms with E-state index in [1.165, 1.54) is 4.88 Å². The summed E-state index contributed by atoms with van der Waals surface area (Å²) in [6.07, 6.45) is 1.90. The molecule has 0 aliphatic rings. The van der Waals surface area contributed by atoms with Crippen LogP contribution in [0.5, 0.6) is 5.75 Å². The Morgan fingerprint density at radius 1 is 1.32 bits per heavy atom. The standard InChI is InChI=1S/C13H14Br2N2OS/c1-8-5-17-12(19-8)7-16-6-9-3-10(14)4-11(15)13(9)18-2/h3-5,16H,6-7H2,1-2H3. The van der Waals surface area contributed by atoms with Crippen LogP contribution in [0.15, 0.2) is 27.3 Å². The molecule has 0 atom stereocenters. The molecule has 0 fully saturated rings. The molecule has 0 amide bonds. The minimum absolute atomic E-state index is 0.736.